The summed E-state index contributed by atoms with van der Waals surface area (Å²) in [6, 6.07) is 4.35. The SMILES string of the molecule is COCC1CN(Cc2cccs2)Cc2nn(CC3CC3)cc21. The van der Waals surface area contributed by atoms with E-state index < -0.39 is 0 Å². The summed E-state index contributed by atoms with van der Waals surface area (Å²) in [5.41, 5.74) is 2.66. The van der Waals surface area contributed by atoms with Crippen LogP contribution in [0.15, 0.2) is 23.7 Å². The molecule has 0 N–H and O–H groups in total. The number of methoxy groups -OCH3 is 1. The van der Waals surface area contributed by atoms with Gasteiger partial charge in [0.15, 0.2) is 0 Å². The number of ether oxygens (including phenoxy) is 1. The lowest BCUT2D eigenvalue weighted by molar-refractivity contribution is 0.136. The average molecular weight is 317 g/mol. The molecule has 2 aliphatic rings. The summed E-state index contributed by atoms with van der Waals surface area (Å²) in [5, 5.41) is 7.02. The van der Waals surface area contributed by atoms with Crippen LogP contribution in [0.25, 0.3) is 0 Å². The first-order valence-corrected chi connectivity index (χ1v) is 8.99. The maximum absolute atomic E-state index is 5.46. The Kier molecular flexibility index (Phi) is 4.03. The number of hydrogen-bond acceptors (Lipinski definition) is 4. The Morgan fingerprint density at radius 3 is 3.05 bits per heavy atom. The van der Waals surface area contributed by atoms with Crippen molar-refractivity contribution in [3.63, 3.8) is 0 Å². The Balaban J connectivity index is 1.53. The quantitative estimate of drug-likeness (QED) is 0.820. The highest BCUT2D eigenvalue weighted by atomic mass is 32.1. The van der Waals surface area contributed by atoms with E-state index >= 15 is 0 Å². The van der Waals surface area contributed by atoms with Crippen LogP contribution in [0.2, 0.25) is 0 Å². The molecule has 1 fully saturated rings. The molecule has 1 aliphatic carbocycles. The van der Waals surface area contributed by atoms with Crippen LogP contribution in [0.1, 0.15) is 34.9 Å². The van der Waals surface area contributed by atoms with Gasteiger partial charge in [0.2, 0.25) is 0 Å². The van der Waals surface area contributed by atoms with E-state index in [9.17, 15) is 0 Å². The average Bonchev–Trinajstić information content (AvgIpc) is 2.98. The van der Waals surface area contributed by atoms with E-state index in [-0.39, 0.29) is 0 Å². The fraction of sp³-hybridized carbons (Fsp3) is 0.588. The molecule has 0 spiro atoms. The van der Waals surface area contributed by atoms with Gasteiger partial charge >= 0.3 is 0 Å². The van der Waals surface area contributed by atoms with Crippen molar-refractivity contribution in [1.29, 1.82) is 0 Å². The monoisotopic (exact) mass is 317 g/mol. The number of rotatable bonds is 6. The molecule has 4 rings (SSSR count). The van der Waals surface area contributed by atoms with Crippen molar-refractivity contribution in [2.45, 2.75) is 38.4 Å². The van der Waals surface area contributed by atoms with Crippen LogP contribution < -0.4 is 0 Å². The predicted octanol–water partition coefficient (Wildman–Crippen LogP) is 3.10. The predicted molar refractivity (Wildman–Crippen MR) is 88.0 cm³/mol. The number of fused-ring (bicyclic) bond motifs is 1. The summed E-state index contributed by atoms with van der Waals surface area (Å²) in [5.74, 6) is 1.31. The van der Waals surface area contributed by atoms with Gasteiger partial charge in [0.05, 0.1) is 12.3 Å². The third-order valence-electron chi connectivity index (χ3n) is 4.63. The molecule has 1 saturated carbocycles. The highest BCUT2D eigenvalue weighted by Gasteiger charge is 2.30. The van der Waals surface area contributed by atoms with Crippen molar-refractivity contribution in [1.82, 2.24) is 14.7 Å². The minimum absolute atomic E-state index is 0.446. The zero-order valence-corrected chi connectivity index (χ0v) is 13.9. The topological polar surface area (TPSA) is 30.3 Å². The third-order valence-corrected chi connectivity index (χ3v) is 5.49. The molecule has 2 aromatic heterocycles. The van der Waals surface area contributed by atoms with Gasteiger partial charge in [-0.2, -0.15) is 5.10 Å². The van der Waals surface area contributed by atoms with Gasteiger partial charge < -0.3 is 4.74 Å². The van der Waals surface area contributed by atoms with Crippen molar-refractivity contribution in [2.75, 3.05) is 20.3 Å². The molecule has 0 bridgehead atoms. The first-order valence-electron chi connectivity index (χ1n) is 8.11. The van der Waals surface area contributed by atoms with E-state index in [4.69, 9.17) is 9.84 Å². The Morgan fingerprint density at radius 1 is 1.41 bits per heavy atom. The second-order valence-electron chi connectivity index (χ2n) is 6.60. The fourth-order valence-electron chi connectivity index (χ4n) is 3.37. The molecule has 1 aliphatic heterocycles. The maximum atomic E-state index is 5.46. The summed E-state index contributed by atoms with van der Waals surface area (Å²) in [7, 11) is 1.80. The van der Waals surface area contributed by atoms with E-state index in [1.807, 2.05) is 11.3 Å². The molecule has 0 amide bonds. The number of aromatic nitrogens is 2. The van der Waals surface area contributed by atoms with Crippen molar-refractivity contribution in [2.24, 2.45) is 5.92 Å². The zero-order chi connectivity index (χ0) is 14.9. The smallest absolute Gasteiger partial charge is 0.0801 e. The highest BCUT2D eigenvalue weighted by molar-refractivity contribution is 7.09. The lowest BCUT2D eigenvalue weighted by Gasteiger charge is -2.31. The zero-order valence-electron chi connectivity index (χ0n) is 13.1. The van der Waals surface area contributed by atoms with Crippen molar-refractivity contribution >= 4 is 11.3 Å². The molecule has 1 atom stereocenters. The summed E-state index contributed by atoms with van der Waals surface area (Å²) < 4.78 is 7.64. The van der Waals surface area contributed by atoms with Crippen LogP contribution in [-0.2, 0) is 24.4 Å². The van der Waals surface area contributed by atoms with Crippen LogP contribution in [0.3, 0.4) is 0 Å². The minimum Gasteiger partial charge on any atom is -0.384 e. The van der Waals surface area contributed by atoms with Gasteiger partial charge in [-0.05, 0) is 30.2 Å². The molecule has 3 heterocycles. The second-order valence-corrected chi connectivity index (χ2v) is 7.63. The summed E-state index contributed by atoms with van der Waals surface area (Å²) in [6.45, 7) is 4.92. The third kappa shape index (κ3) is 3.12. The molecule has 1 unspecified atom stereocenters. The van der Waals surface area contributed by atoms with E-state index in [2.05, 4.69) is 33.3 Å². The van der Waals surface area contributed by atoms with Crippen molar-refractivity contribution < 1.29 is 4.74 Å². The van der Waals surface area contributed by atoms with E-state index in [1.165, 1.54) is 29.0 Å². The number of hydrogen-bond donors (Lipinski definition) is 0. The number of nitrogens with zero attached hydrogens (tertiary/aromatic N) is 3. The molecule has 4 nitrogen and oxygen atoms in total. The van der Waals surface area contributed by atoms with Gasteiger partial charge in [-0.15, -0.1) is 11.3 Å². The summed E-state index contributed by atoms with van der Waals surface area (Å²) in [6.07, 6.45) is 5.02. The van der Waals surface area contributed by atoms with Crippen molar-refractivity contribution in [3.05, 3.63) is 39.8 Å². The first kappa shape index (κ1) is 14.4. The molecule has 22 heavy (non-hydrogen) atoms. The van der Waals surface area contributed by atoms with Gasteiger partial charge in [0.25, 0.3) is 0 Å². The molecular formula is C17H23N3OS. The molecular weight excluding hydrogens is 294 g/mol. The minimum atomic E-state index is 0.446. The van der Waals surface area contributed by atoms with Crippen LogP contribution in [0, 0.1) is 5.92 Å². The molecule has 0 saturated heterocycles. The molecule has 2 aromatic rings. The normalized spacial score (nSPS) is 22.0. The van der Waals surface area contributed by atoms with Gasteiger partial charge in [-0.1, -0.05) is 6.07 Å². The Morgan fingerprint density at radius 2 is 2.32 bits per heavy atom. The number of thiophene rings is 1. The Bertz CT molecular complexity index is 618. The lowest BCUT2D eigenvalue weighted by Crippen LogP contribution is -2.34. The Hall–Kier alpha value is -1.17. The summed E-state index contributed by atoms with van der Waals surface area (Å²) >= 11 is 1.84. The van der Waals surface area contributed by atoms with Gasteiger partial charge in [-0.3, -0.25) is 9.58 Å². The van der Waals surface area contributed by atoms with E-state index in [0.717, 1.165) is 38.7 Å². The maximum Gasteiger partial charge on any atom is 0.0801 e. The van der Waals surface area contributed by atoms with E-state index in [1.54, 1.807) is 7.11 Å². The van der Waals surface area contributed by atoms with Crippen molar-refractivity contribution in [3.8, 4) is 0 Å². The fourth-order valence-corrected chi connectivity index (χ4v) is 4.12. The molecule has 118 valence electrons. The van der Waals surface area contributed by atoms with Crippen LogP contribution in [0.5, 0.6) is 0 Å². The standard InChI is InChI=1S/C17H23N3OS/c1-21-12-14-8-19(9-15-3-2-6-22-15)11-17-16(14)10-20(18-17)7-13-4-5-13/h2-3,6,10,13-14H,4-5,7-9,11-12H2,1H3. The Labute approximate surface area is 135 Å². The largest absolute Gasteiger partial charge is 0.384 e. The molecule has 0 radical (unpaired) electrons. The van der Waals surface area contributed by atoms with Gasteiger partial charge in [0.1, 0.15) is 0 Å². The van der Waals surface area contributed by atoms with Crippen LogP contribution in [0.4, 0.5) is 0 Å². The van der Waals surface area contributed by atoms with E-state index in [0.29, 0.717) is 5.92 Å². The first-order chi connectivity index (χ1) is 10.8. The van der Waals surface area contributed by atoms with Gasteiger partial charge in [0, 0.05) is 55.8 Å². The highest BCUT2D eigenvalue weighted by Crippen LogP contribution is 2.33. The molecule has 5 heteroatoms. The second kappa shape index (κ2) is 6.14. The molecule has 0 aromatic carbocycles. The van der Waals surface area contributed by atoms with Gasteiger partial charge in [-0.25, -0.2) is 0 Å². The lowest BCUT2D eigenvalue weighted by atomic mass is 9.95. The summed E-state index contributed by atoms with van der Waals surface area (Å²) in [4.78, 5) is 3.93. The van der Waals surface area contributed by atoms with Crippen LogP contribution in [-0.4, -0.2) is 34.9 Å². The van der Waals surface area contributed by atoms with Crippen LogP contribution >= 0.6 is 11.3 Å².